The van der Waals surface area contributed by atoms with Crippen LogP contribution in [0.15, 0.2) is 24.3 Å². The fourth-order valence-corrected chi connectivity index (χ4v) is 4.52. The van der Waals surface area contributed by atoms with Gasteiger partial charge in [-0.2, -0.15) is 11.8 Å². The Morgan fingerprint density at radius 3 is 2.64 bits per heavy atom. The van der Waals surface area contributed by atoms with Crippen LogP contribution in [0.4, 0.5) is 5.69 Å². The quantitative estimate of drug-likeness (QED) is 0.753. The summed E-state index contributed by atoms with van der Waals surface area (Å²) in [5, 5.41) is 2.62. The van der Waals surface area contributed by atoms with Crippen LogP contribution in [0.2, 0.25) is 0 Å². The zero-order valence-electron chi connectivity index (χ0n) is 12.0. The van der Waals surface area contributed by atoms with E-state index in [0.717, 1.165) is 11.5 Å². The normalized spacial score (nSPS) is 15.8. The molecule has 3 N–H and O–H groups in total. The lowest BCUT2D eigenvalue weighted by molar-refractivity contribution is 0.0956. The summed E-state index contributed by atoms with van der Waals surface area (Å²) in [4.78, 5) is 11.9. The van der Waals surface area contributed by atoms with E-state index in [1.54, 1.807) is 36.0 Å². The van der Waals surface area contributed by atoms with Gasteiger partial charge < -0.3 is 11.1 Å². The van der Waals surface area contributed by atoms with Crippen molar-refractivity contribution in [3.05, 3.63) is 29.8 Å². The Balaban J connectivity index is 0.00000242. The number of nitrogens with zero attached hydrogens (tertiary/aromatic N) is 1. The summed E-state index contributed by atoms with van der Waals surface area (Å²) in [6.45, 7) is 1.20. The Morgan fingerprint density at radius 2 is 2.00 bits per heavy atom. The van der Waals surface area contributed by atoms with Crippen molar-refractivity contribution in [2.24, 2.45) is 0 Å². The minimum absolute atomic E-state index is 0. The molecule has 1 aliphatic heterocycles. The number of thioether (sulfide) groups is 1. The van der Waals surface area contributed by atoms with Gasteiger partial charge in [-0.25, -0.2) is 12.7 Å². The van der Waals surface area contributed by atoms with Crippen molar-refractivity contribution >= 4 is 45.8 Å². The second-order valence-electron chi connectivity index (χ2n) is 4.71. The fraction of sp³-hybridized carbons (Fsp3) is 0.462. The van der Waals surface area contributed by atoms with Crippen molar-refractivity contribution in [1.29, 1.82) is 0 Å². The molecule has 124 valence electrons. The van der Waals surface area contributed by atoms with Crippen LogP contribution in [-0.4, -0.2) is 55.5 Å². The molecule has 0 aliphatic carbocycles. The van der Waals surface area contributed by atoms with Gasteiger partial charge in [-0.15, -0.1) is 12.4 Å². The number of nitrogen functional groups attached to an aromatic ring is 1. The number of rotatable bonds is 5. The molecular formula is C13H20ClN3O3S2. The van der Waals surface area contributed by atoms with Crippen LogP contribution >= 0.6 is 24.2 Å². The van der Waals surface area contributed by atoms with E-state index >= 15 is 0 Å². The standard InChI is InChI=1S/C13H19N3O3S2.ClH/c14-12-3-1-2-11(10-12)13(17)15-4-9-21(18,19)16-5-7-20-8-6-16;/h1-3,10H,4-9,14H2,(H,15,17);1H. The molecule has 1 aliphatic rings. The van der Waals surface area contributed by atoms with Crippen LogP contribution in [0, 0.1) is 0 Å². The minimum atomic E-state index is -3.29. The van der Waals surface area contributed by atoms with E-state index in [1.165, 1.54) is 4.31 Å². The van der Waals surface area contributed by atoms with Gasteiger partial charge in [-0.3, -0.25) is 4.79 Å². The maximum atomic E-state index is 12.1. The molecule has 0 unspecified atom stereocenters. The third kappa shape index (κ3) is 5.35. The number of hydrogen-bond acceptors (Lipinski definition) is 5. The molecule has 0 spiro atoms. The summed E-state index contributed by atoms with van der Waals surface area (Å²) in [6.07, 6.45) is 0. The molecular weight excluding hydrogens is 346 g/mol. The van der Waals surface area contributed by atoms with E-state index in [1.807, 2.05) is 0 Å². The Labute approximate surface area is 141 Å². The van der Waals surface area contributed by atoms with E-state index in [-0.39, 0.29) is 30.6 Å². The monoisotopic (exact) mass is 365 g/mol. The predicted octanol–water partition coefficient (Wildman–Crippen LogP) is 0.799. The molecule has 0 saturated carbocycles. The Kier molecular flexibility index (Phi) is 7.47. The van der Waals surface area contributed by atoms with Gasteiger partial charge in [0.15, 0.2) is 0 Å². The van der Waals surface area contributed by atoms with Gasteiger partial charge in [0.25, 0.3) is 5.91 Å². The fourth-order valence-electron chi connectivity index (χ4n) is 2.03. The van der Waals surface area contributed by atoms with Crippen molar-refractivity contribution in [2.45, 2.75) is 0 Å². The molecule has 1 fully saturated rings. The third-order valence-electron chi connectivity index (χ3n) is 3.16. The van der Waals surface area contributed by atoms with E-state index < -0.39 is 10.0 Å². The molecule has 0 radical (unpaired) electrons. The van der Waals surface area contributed by atoms with Crippen molar-refractivity contribution in [2.75, 3.05) is 42.6 Å². The van der Waals surface area contributed by atoms with Gasteiger partial charge in [-0.05, 0) is 18.2 Å². The first-order valence-corrected chi connectivity index (χ1v) is 9.45. The predicted molar refractivity (Wildman–Crippen MR) is 93.1 cm³/mol. The molecule has 6 nitrogen and oxygen atoms in total. The molecule has 0 aromatic heterocycles. The molecule has 22 heavy (non-hydrogen) atoms. The van der Waals surface area contributed by atoms with Crippen LogP contribution in [0.1, 0.15) is 10.4 Å². The zero-order valence-corrected chi connectivity index (χ0v) is 14.5. The second-order valence-corrected chi connectivity index (χ2v) is 8.02. The highest BCUT2D eigenvalue weighted by Gasteiger charge is 2.23. The second kappa shape index (κ2) is 8.61. The molecule has 0 bridgehead atoms. The van der Waals surface area contributed by atoms with Gasteiger partial charge in [0, 0.05) is 42.4 Å². The number of anilines is 1. The summed E-state index contributed by atoms with van der Waals surface area (Å²) < 4.78 is 25.7. The first-order valence-electron chi connectivity index (χ1n) is 6.68. The van der Waals surface area contributed by atoms with Crippen molar-refractivity contribution in [3.8, 4) is 0 Å². The number of hydrogen-bond donors (Lipinski definition) is 2. The maximum absolute atomic E-state index is 12.1. The molecule has 1 amide bonds. The highest BCUT2D eigenvalue weighted by atomic mass is 35.5. The lowest BCUT2D eigenvalue weighted by atomic mass is 10.2. The molecule has 1 heterocycles. The summed E-state index contributed by atoms with van der Waals surface area (Å²) >= 11 is 1.75. The average molecular weight is 366 g/mol. The number of nitrogens with two attached hydrogens (primary N) is 1. The summed E-state index contributed by atoms with van der Waals surface area (Å²) in [7, 11) is -3.29. The van der Waals surface area contributed by atoms with Gasteiger partial charge in [-0.1, -0.05) is 6.07 Å². The first-order chi connectivity index (χ1) is 9.99. The van der Waals surface area contributed by atoms with E-state index in [4.69, 9.17) is 5.73 Å². The first kappa shape index (κ1) is 19.1. The largest absolute Gasteiger partial charge is 0.399 e. The van der Waals surface area contributed by atoms with Crippen molar-refractivity contribution < 1.29 is 13.2 Å². The topological polar surface area (TPSA) is 92.5 Å². The number of carbonyl (C=O) groups excluding carboxylic acids is 1. The number of nitrogens with one attached hydrogen (secondary N) is 1. The lowest BCUT2D eigenvalue weighted by Crippen LogP contribution is -2.41. The molecule has 1 aromatic rings. The number of carbonyl (C=O) groups is 1. The van der Waals surface area contributed by atoms with Crippen LogP contribution in [-0.2, 0) is 10.0 Å². The molecule has 0 atom stereocenters. The van der Waals surface area contributed by atoms with Crippen molar-refractivity contribution in [3.63, 3.8) is 0 Å². The molecule has 1 saturated heterocycles. The van der Waals surface area contributed by atoms with Gasteiger partial charge in [0.05, 0.1) is 5.75 Å². The smallest absolute Gasteiger partial charge is 0.251 e. The zero-order chi connectivity index (χ0) is 15.3. The van der Waals surface area contributed by atoms with Crippen LogP contribution < -0.4 is 11.1 Å². The van der Waals surface area contributed by atoms with Gasteiger partial charge in [0.1, 0.15) is 0 Å². The molecule has 1 aromatic carbocycles. The summed E-state index contributed by atoms with van der Waals surface area (Å²) in [5.74, 6) is 1.27. The molecule has 9 heteroatoms. The molecule has 2 rings (SSSR count). The van der Waals surface area contributed by atoms with Crippen LogP contribution in [0.5, 0.6) is 0 Å². The van der Waals surface area contributed by atoms with Crippen molar-refractivity contribution in [1.82, 2.24) is 9.62 Å². The minimum Gasteiger partial charge on any atom is -0.399 e. The Hall–Kier alpha value is -0.960. The highest BCUT2D eigenvalue weighted by Crippen LogP contribution is 2.13. The average Bonchev–Trinajstić information content (AvgIpc) is 2.48. The van der Waals surface area contributed by atoms with Gasteiger partial charge in [0.2, 0.25) is 10.0 Å². The number of halogens is 1. The number of sulfonamides is 1. The Bertz CT molecular complexity index is 604. The lowest BCUT2D eigenvalue weighted by Gasteiger charge is -2.25. The Morgan fingerprint density at radius 1 is 1.32 bits per heavy atom. The highest BCUT2D eigenvalue weighted by molar-refractivity contribution is 7.99. The maximum Gasteiger partial charge on any atom is 0.251 e. The van der Waals surface area contributed by atoms with Crippen LogP contribution in [0.3, 0.4) is 0 Å². The SMILES string of the molecule is Cl.Nc1cccc(C(=O)NCCS(=O)(=O)N2CCSCC2)c1. The van der Waals surface area contributed by atoms with E-state index in [0.29, 0.717) is 24.3 Å². The number of amides is 1. The van der Waals surface area contributed by atoms with Crippen LogP contribution in [0.25, 0.3) is 0 Å². The number of benzene rings is 1. The van der Waals surface area contributed by atoms with E-state index in [2.05, 4.69) is 5.32 Å². The van der Waals surface area contributed by atoms with E-state index in [9.17, 15) is 13.2 Å². The summed E-state index contributed by atoms with van der Waals surface area (Å²) in [5.41, 5.74) is 6.54. The third-order valence-corrected chi connectivity index (χ3v) is 5.97. The van der Waals surface area contributed by atoms with Gasteiger partial charge >= 0.3 is 0 Å². The summed E-state index contributed by atoms with van der Waals surface area (Å²) in [6, 6.07) is 6.58.